The van der Waals surface area contributed by atoms with Crippen LogP contribution in [0.3, 0.4) is 0 Å². The molecule has 2 aliphatic rings. The van der Waals surface area contributed by atoms with E-state index in [-0.39, 0.29) is 0 Å². The van der Waals surface area contributed by atoms with Crippen molar-refractivity contribution in [1.82, 2.24) is 15.5 Å². The van der Waals surface area contributed by atoms with Crippen LogP contribution in [-0.2, 0) is 4.74 Å². The lowest BCUT2D eigenvalue weighted by Gasteiger charge is -2.43. The highest BCUT2D eigenvalue weighted by molar-refractivity contribution is 7.99. The molecule has 24 heavy (non-hydrogen) atoms. The lowest BCUT2D eigenvalue weighted by atomic mass is 9.94. The average molecular weight is 357 g/mol. The number of unbranched alkanes of at least 4 members (excludes halogenated alkanes) is 1. The third-order valence-electron chi connectivity index (χ3n) is 5.24. The number of thioether (sulfide) groups is 1. The molecule has 0 amide bonds. The Morgan fingerprint density at radius 1 is 1.17 bits per heavy atom. The number of rotatable bonds is 9. The molecule has 0 unspecified atom stereocenters. The first kappa shape index (κ1) is 19.9. The molecule has 0 aromatic rings. The Morgan fingerprint density at radius 2 is 1.92 bits per heavy atom. The van der Waals surface area contributed by atoms with Gasteiger partial charge in [0.25, 0.3) is 0 Å². The van der Waals surface area contributed by atoms with Gasteiger partial charge in [-0.05, 0) is 32.6 Å². The highest BCUT2D eigenvalue weighted by Gasteiger charge is 2.39. The number of ether oxygens (including phenoxy) is 1. The number of aliphatic imine (C=N–C) groups is 1. The Balaban J connectivity index is 1.73. The summed E-state index contributed by atoms with van der Waals surface area (Å²) in [5.41, 5.74) is 0.355. The Hall–Kier alpha value is -0.460. The van der Waals surface area contributed by atoms with Gasteiger partial charge >= 0.3 is 0 Å². The maximum absolute atomic E-state index is 5.38. The fourth-order valence-corrected chi connectivity index (χ4v) is 4.73. The Kier molecular flexibility index (Phi) is 9.28. The van der Waals surface area contributed by atoms with Crippen molar-refractivity contribution in [2.24, 2.45) is 4.99 Å². The quantitative estimate of drug-likeness (QED) is 0.377. The van der Waals surface area contributed by atoms with Crippen molar-refractivity contribution in [3.8, 4) is 0 Å². The maximum Gasteiger partial charge on any atom is 0.191 e. The van der Waals surface area contributed by atoms with Crippen LogP contribution in [0.2, 0.25) is 0 Å². The van der Waals surface area contributed by atoms with E-state index >= 15 is 0 Å². The minimum Gasteiger partial charge on any atom is -0.382 e. The summed E-state index contributed by atoms with van der Waals surface area (Å²) >= 11 is 2.10. The van der Waals surface area contributed by atoms with Gasteiger partial charge in [-0.2, -0.15) is 11.8 Å². The molecule has 6 heteroatoms. The largest absolute Gasteiger partial charge is 0.382 e. The molecule has 0 atom stereocenters. The molecule has 1 saturated heterocycles. The van der Waals surface area contributed by atoms with E-state index < -0.39 is 0 Å². The van der Waals surface area contributed by atoms with E-state index in [1.165, 1.54) is 50.3 Å². The summed E-state index contributed by atoms with van der Waals surface area (Å²) in [6.45, 7) is 8.19. The van der Waals surface area contributed by atoms with E-state index in [0.29, 0.717) is 5.54 Å². The van der Waals surface area contributed by atoms with Crippen LogP contribution in [0.15, 0.2) is 4.99 Å². The van der Waals surface area contributed by atoms with Gasteiger partial charge in [0, 0.05) is 63.5 Å². The molecule has 1 aliphatic heterocycles. The van der Waals surface area contributed by atoms with E-state index in [1.54, 1.807) is 0 Å². The number of nitrogens with zero attached hydrogens (tertiary/aromatic N) is 2. The van der Waals surface area contributed by atoms with Crippen LogP contribution in [0.5, 0.6) is 0 Å². The standard InChI is InChI=1S/C18H36N4OS/c1-3-23-13-7-6-10-20-17(19-2)21-16-18(8-4-5-9-18)22-11-14-24-15-12-22/h3-16H2,1-2H3,(H2,19,20,21). The van der Waals surface area contributed by atoms with E-state index in [4.69, 9.17) is 4.74 Å². The van der Waals surface area contributed by atoms with Crippen LogP contribution in [0, 0.1) is 0 Å². The monoisotopic (exact) mass is 356 g/mol. The zero-order valence-corrected chi connectivity index (χ0v) is 16.4. The van der Waals surface area contributed by atoms with Gasteiger partial charge in [-0.1, -0.05) is 12.8 Å². The van der Waals surface area contributed by atoms with Crippen LogP contribution in [0.25, 0.3) is 0 Å². The van der Waals surface area contributed by atoms with Crippen LogP contribution in [0.1, 0.15) is 45.4 Å². The third-order valence-corrected chi connectivity index (χ3v) is 6.18. The summed E-state index contributed by atoms with van der Waals surface area (Å²) in [7, 11) is 1.87. The van der Waals surface area contributed by atoms with Crippen molar-refractivity contribution < 1.29 is 4.74 Å². The summed E-state index contributed by atoms with van der Waals surface area (Å²) in [6.07, 6.45) is 7.62. The predicted molar refractivity (Wildman–Crippen MR) is 105 cm³/mol. The Bertz CT molecular complexity index is 366. The molecule has 1 heterocycles. The SMILES string of the molecule is CCOCCCCNC(=NC)NCC1(N2CCSCC2)CCCC1. The molecule has 0 spiro atoms. The fourth-order valence-electron chi connectivity index (χ4n) is 3.82. The second kappa shape index (κ2) is 11.2. The van der Waals surface area contributed by atoms with Crippen LogP contribution < -0.4 is 10.6 Å². The summed E-state index contributed by atoms with van der Waals surface area (Å²) in [6, 6.07) is 0. The minimum absolute atomic E-state index is 0.355. The Labute approximate surface area is 152 Å². The van der Waals surface area contributed by atoms with Gasteiger partial charge in [0.05, 0.1) is 0 Å². The molecule has 2 fully saturated rings. The van der Waals surface area contributed by atoms with Crippen LogP contribution >= 0.6 is 11.8 Å². The molecule has 1 saturated carbocycles. The van der Waals surface area contributed by atoms with Crippen molar-refractivity contribution >= 4 is 17.7 Å². The molecule has 2 N–H and O–H groups in total. The highest BCUT2D eigenvalue weighted by atomic mass is 32.2. The van der Waals surface area contributed by atoms with Crippen LogP contribution in [-0.4, -0.2) is 74.3 Å². The predicted octanol–water partition coefficient (Wildman–Crippen LogP) is 2.33. The van der Waals surface area contributed by atoms with Crippen molar-refractivity contribution in [3.63, 3.8) is 0 Å². The third kappa shape index (κ3) is 6.12. The van der Waals surface area contributed by atoms with Crippen molar-refractivity contribution in [1.29, 1.82) is 0 Å². The number of hydrogen-bond acceptors (Lipinski definition) is 4. The van der Waals surface area contributed by atoms with Crippen molar-refractivity contribution in [2.45, 2.75) is 51.0 Å². The second-order valence-electron chi connectivity index (χ2n) is 6.79. The second-order valence-corrected chi connectivity index (χ2v) is 8.01. The normalized spacial score (nSPS) is 21.8. The first-order valence-corrected chi connectivity index (χ1v) is 10.8. The fraction of sp³-hybridized carbons (Fsp3) is 0.944. The van der Waals surface area contributed by atoms with Gasteiger partial charge in [0.1, 0.15) is 0 Å². The summed E-state index contributed by atoms with van der Waals surface area (Å²) in [4.78, 5) is 7.15. The molecule has 2 rings (SSSR count). The minimum atomic E-state index is 0.355. The summed E-state index contributed by atoms with van der Waals surface area (Å²) in [5, 5.41) is 7.06. The Morgan fingerprint density at radius 3 is 2.58 bits per heavy atom. The van der Waals surface area contributed by atoms with Crippen LogP contribution in [0.4, 0.5) is 0 Å². The molecule has 0 aromatic heterocycles. The first-order valence-electron chi connectivity index (χ1n) is 9.66. The zero-order valence-electron chi connectivity index (χ0n) is 15.6. The first-order chi connectivity index (χ1) is 11.8. The summed E-state index contributed by atoms with van der Waals surface area (Å²) < 4.78 is 5.38. The summed E-state index contributed by atoms with van der Waals surface area (Å²) in [5.74, 6) is 3.52. The molecule has 1 aliphatic carbocycles. The van der Waals surface area contributed by atoms with E-state index in [2.05, 4.69) is 32.3 Å². The lowest BCUT2D eigenvalue weighted by Crippen LogP contribution is -2.57. The maximum atomic E-state index is 5.38. The van der Waals surface area contributed by atoms with E-state index in [0.717, 1.165) is 45.1 Å². The molecule has 0 aromatic carbocycles. The number of hydrogen-bond donors (Lipinski definition) is 2. The van der Waals surface area contributed by atoms with Gasteiger partial charge in [-0.15, -0.1) is 0 Å². The number of guanidine groups is 1. The molecule has 0 radical (unpaired) electrons. The van der Waals surface area contributed by atoms with Gasteiger partial charge in [0.2, 0.25) is 0 Å². The van der Waals surface area contributed by atoms with Gasteiger partial charge < -0.3 is 15.4 Å². The molecule has 5 nitrogen and oxygen atoms in total. The smallest absolute Gasteiger partial charge is 0.191 e. The molecular formula is C18H36N4OS. The topological polar surface area (TPSA) is 48.9 Å². The lowest BCUT2D eigenvalue weighted by molar-refractivity contribution is 0.107. The van der Waals surface area contributed by atoms with Gasteiger partial charge in [-0.25, -0.2) is 0 Å². The average Bonchev–Trinajstić information content (AvgIpc) is 3.11. The van der Waals surface area contributed by atoms with E-state index in [1.807, 2.05) is 14.0 Å². The van der Waals surface area contributed by atoms with E-state index in [9.17, 15) is 0 Å². The van der Waals surface area contributed by atoms with Gasteiger partial charge in [-0.3, -0.25) is 9.89 Å². The van der Waals surface area contributed by atoms with Crippen molar-refractivity contribution in [3.05, 3.63) is 0 Å². The number of nitrogens with one attached hydrogen (secondary N) is 2. The molecule has 0 bridgehead atoms. The van der Waals surface area contributed by atoms with Crippen molar-refractivity contribution in [2.75, 3.05) is 57.9 Å². The van der Waals surface area contributed by atoms with Gasteiger partial charge in [0.15, 0.2) is 5.96 Å². The molecular weight excluding hydrogens is 320 g/mol. The molecule has 140 valence electrons. The zero-order chi connectivity index (χ0) is 17.1. The highest BCUT2D eigenvalue weighted by Crippen LogP contribution is 2.36.